The largest absolute Gasteiger partial charge is 0.282 e. The predicted octanol–water partition coefficient (Wildman–Crippen LogP) is -0.191. The summed E-state index contributed by atoms with van der Waals surface area (Å²) in [5, 5.41) is 0. The Balaban J connectivity index is 2.09. The van der Waals surface area contributed by atoms with Gasteiger partial charge in [-0.2, -0.15) is 17.0 Å². The van der Waals surface area contributed by atoms with Gasteiger partial charge in [-0.1, -0.05) is 12.2 Å². The molecule has 0 aromatic heterocycles. The van der Waals surface area contributed by atoms with E-state index in [1.54, 1.807) is 0 Å². The van der Waals surface area contributed by atoms with Crippen LogP contribution in [0.5, 0.6) is 0 Å². The summed E-state index contributed by atoms with van der Waals surface area (Å²) < 4.78 is 26.3. The zero-order chi connectivity index (χ0) is 8.60. The van der Waals surface area contributed by atoms with Gasteiger partial charge >= 0.3 is 0 Å². The summed E-state index contributed by atoms with van der Waals surface area (Å²) in [5.41, 5.74) is 0. The Kier molecular flexibility index (Phi) is 1.94. The SMILES string of the molecule is O=S(=O)(N1CC=CC1)N1CCC1. The van der Waals surface area contributed by atoms with Gasteiger partial charge in [0.15, 0.2) is 0 Å². The van der Waals surface area contributed by atoms with Gasteiger partial charge in [-0.25, -0.2) is 0 Å². The van der Waals surface area contributed by atoms with Crippen molar-refractivity contribution in [2.75, 3.05) is 26.2 Å². The van der Waals surface area contributed by atoms with Crippen molar-refractivity contribution in [3.05, 3.63) is 12.2 Å². The first-order chi connectivity index (χ1) is 5.71. The maximum atomic E-state index is 11.6. The summed E-state index contributed by atoms with van der Waals surface area (Å²) in [6, 6.07) is 0. The van der Waals surface area contributed by atoms with Crippen LogP contribution >= 0.6 is 0 Å². The Labute approximate surface area is 72.6 Å². The number of hydrogen-bond acceptors (Lipinski definition) is 2. The molecule has 2 heterocycles. The van der Waals surface area contributed by atoms with Crippen molar-refractivity contribution in [1.29, 1.82) is 0 Å². The molecule has 12 heavy (non-hydrogen) atoms. The molecule has 2 aliphatic rings. The van der Waals surface area contributed by atoms with Crippen molar-refractivity contribution in [2.45, 2.75) is 6.42 Å². The third-order valence-electron chi connectivity index (χ3n) is 2.25. The van der Waals surface area contributed by atoms with Crippen LogP contribution in [0.3, 0.4) is 0 Å². The smallest absolute Gasteiger partial charge is 0.195 e. The lowest BCUT2D eigenvalue weighted by Gasteiger charge is -2.33. The minimum Gasteiger partial charge on any atom is -0.195 e. The predicted molar refractivity (Wildman–Crippen MR) is 45.8 cm³/mol. The molecule has 2 rings (SSSR count). The van der Waals surface area contributed by atoms with Crippen LogP contribution in [0.25, 0.3) is 0 Å². The first kappa shape index (κ1) is 8.22. The first-order valence-corrected chi connectivity index (χ1v) is 5.51. The molecule has 0 unspecified atom stereocenters. The van der Waals surface area contributed by atoms with E-state index in [1.165, 1.54) is 8.61 Å². The fraction of sp³-hybridized carbons (Fsp3) is 0.714. The van der Waals surface area contributed by atoms with Crippen molar-refractivity contribution in [1.82, 2.24) is 8.61 Å². The van der Waals surface area contributed by atoms with E-state index in [1.807, 2.05) is 12.2 Å². The molecule has 0 saturated carbocycles. The van der Waals surface area contributed by atoms with Crippen LogP contribution in [-0.4, -0.2) is 43.2 Å². The van der Waals surface area contributed by atoms with E-state index in [9.17, 15) is 8.42 Å². The van der Waals surface area contributed by atoms with E-state index in [4.69, 9.17) is 0 Å². The summed E-state index contributed by atoms with van der Waals surface area (Å²) in [6.07, 6.45) is 4.77. The number of rotatable bonds is 2. The average molecular weight is 188 g/mol. The lowest BCUT2D eigenvalue weighted by Crippen LogP contribution is -2.49. The highest BCUT2D eigenvalue weighted by Gasteiger charge is 2.33. The van der Waals surface area contributed by atoms with Crippen LogP contribution < -0.4 is 0 Å². The van der Waals surface area contributed by atoms with Crippen LogP contribution in [0, 0.1) is 0 Å². The highest BCUT2D eigenvalue weighted by molar-refractivity contribution is 7.86. The molecule has 0 atom stereocenters. The van der Waals surface area contributed by atoms with Crippen LogP contribution in [0.15, 0.2) is 12.2 Å². The Morgan fingerprint density at radius 2 is 1.58 bits per heavy atom. The van der Waals surface area contributed by atoms with Crippen LogP contribution in [0.1, 0.15) is 6.42 Å². The summed E-state index contributed by atoms with van der Waals surface area (Å²) in [4.78, 5) is 0. The van der Waals surface area contributed by atoms with Gasteiger partial charge in [0.2, 0.25) is 0 Å². The molecule has 0 amide bonds. The Hall–Kier alpha value is -0.390. The van der Waals surface area contributed by atoms with E-state index in [-0.39, 0.29) is 0 Å². The quantitative estimate of drug-likeness (QED) is 0.563. The molecule has 0 spiro atoms. The Morgan fingerprint density at radius 3 is 2.00 bits per heavy atom. The highest BCUT2D eigenvalue weighted by atomic mass is 32.2. The first-order valence-electron chi connectivity index (χ1n) is 4.11. The molecule has 0 bridgehead atoms. The molecule has 2 aliphatic heterocycles. The third kappa shape index (κ3) is 1.18. The zero-order valence-corrected chi connectivity index (χ0v) is 7.63. The van der Waals surface area contributed by atoms with E-state index in [2.05, 4.69) is 0 Å². The minimum atomic E-state index is -3.10. The van der Waals surface area contributed by atoms with Gasteiger partial charge in [-0.3, -0.25) is 0 Å². The fourth-order valence-corrected chi connectivity index (χ4v) is 2.92. The second kappa shape index (κ2) is 2.83. The van der Waals surface area contributed by atoms with E-state index >= 15 is 0 Å². The molecule has 1 fully saturated rings. The Morgan fingerprint density at radius 1 is 1.00 bits per heavy atom. The molecule has 4 nitrogen and oxygen atoms in total. The molecular weight excluding hydrogens is 176 g/mol. The zero-order valence-electron chi connectivity index (χ0n) is 6.81. The molecule has 5 heteroatoms. The van der Waals surface area contributed by atoms with Gasteiger partial charge in [0.25, 0.3) is 10.2 Å². The molecule has 0 aliphatic carbocycles. The molecule has 0 N–H and O–H groups in total. The molecule has 68 valence electrons. The average Bonchev–Trinajstić information content (AvgIpc) is 2.30. The molecule has 1 saturated heterocycles. The van der Waals surface area contributed by atoms with Crippen molar-refractivity contribution in [2.24, 2.45) is 0 Å². The van der Waals surface area contributed by atoms with Crippen molar-refractivity contribution >= 4 is 10.2 Å². The van der Waals surface area contributed by atoms with Gasteiger partial charge in [0, 0.05) is 26.2 Å². The lowest BCUT2D eigenvalue weighted by molar-refractivity contribution is 0.284. The maximum absolute atomic E-state index is 11.6. The van der Waals surface area contributed by atoms with E-state index in [0.717, 1.165) is 6.42 Å². The van der Waals surface area contributed by atoms with Crippen molar-refractivity contribution in [3.63, 3.8) is 0 Å². The number of hydrogen-bond donors (Lipinski definition) is 0. The maximum Gasteiger partial charge on any atom is 0.282 e. The third-order valence-corrected chi connectivity index (χ3v) is 4.22. The van der Waals surface area contributed by atoms with Gasteiger partial charge in [0.05, 0.1) is 0 Å². The summed E-state index contributed by atoms with van der Waals surface area (Å²) >= 11 is 0. The van der Waals surface area contributed by atoms with Crippen LogP contribution in [-0.2, 0) is 10.2 Å². The van der Waals surface area contributed by atoms with Gasteiger partial charge in [0.1, 0.15) is 0 Å². The normalized spacial score (nSPS) is 26.0. The number of nitrogens with zero attached hydrogens (tertiary/aromatic N) is 2. The van der Waals surface area contributed by atoms with Crippen LogP contribution in [0.4, 0.5) is 0 Å². The second-order valence-corrected chi connectivity index (χ2v) is 4.98. The molecule has 0 radical (unpaired) electrons. The van der Waals surface area contributed by atoms with Crippen molar-refractivity contribution < 1.29 is 8.42 Å². The van der Waals surface area contributed by atoms with E-state index < -0.39 is 10.2 Å². The van der Waals surface area contributed by atoms with Crippen LogP contribution in [0.2, 0.25) is 0 Å². The van der Waals surface area contributed by atoms with Gasteiger partial charge in [-0.15, -0.1) is 0 Å². The standard InChI is InChI=1S/C7H12N2O2S/c10-12(11,9-6-3-7-9)8-4-1-2-5-8/h1-2H,3-7H2. The topological polar surface area (TPSA) is 40.6 Å². The molecule has 0 aromatic carbocycles. The summed E-state index contributed by atoms with van der Waals surface area (Å²) in [7, 11) is -3.10. The summed E-state index contributed by atoms with van der Waals surface area (Å²) in [6.45, 7) is 2.47. The van der Waals surface area contributed by atoms with E-state index in [0.29, 0.717) is 26.2 Å². The van der Waals surface area contributed by atoms with Gasteiger partial charge < -0.3 is 0 Å². The summed E-state index contributed by atoms with van der Waals surface area (Å²) in [5.74, 6) is 0. The second-order valence-electron chi connectivity index (χ2n) is 3.05. The van der Waals surface area contributed by atoms with Gasteiger partial charge in [-0.05, 0) is 6.42 Å². The molecule has 0 aromatic rings. The highest BCUT2D eigenvalue weighted by Crippen LogP contribution is 2.17. The Bertz CT molecular complexity index is 285. The fourth-order valence-electron chi connectivity index (χ4n) is 1.33. The minimum absolute atomic E-state index is 0.541. The van der Waals surface area contributed by atoms with Crippen molar-refractivity contribution in [3.8, 4) is 0 Å². The monoisotopic (exact) mass is 188 g/mol. The lowest BCUT2D eigenvalue weighted by atomic mass is 10.3. The molecular formula is C7H12N2O2S.